The van der Waals surface area contributed by atoms with Crippen LogP contribution in [0.5, 0.6) is 0 Å². The van der Waals surface area contributed by atoms with E-state index in [1.807, 2.05) is 13.8 Å². The number of nitrogens with two attached hydrogens (primary N) is 1. The molecule has 1 aromatic rings. The highest BCUT2D eigenvalue weighted by molar-refractivity contribution is 5.58. The van der Waals surface area contributed by atoms with E-state index in [-0.39, 0.29) is 12.1 Å². The van der Waals surface area contributed by atoms with Gasteiger partial charge >= 0.3 is 0 Å². The van der Waals surface area contributed by atoms with E-state index < -0.39 is 12.5 Å². The fourth-order valence-electron chi connectivity index (χ4n) is 1.78. The van der Waals surface area contributed by atoms with E-state index in [1.165, 1.54) is 12.1 Å². The van der Waals surface area contributed by atoms with Gasteiger partial charge in [-0.1, -0.05) is 13.8 Å². The fraction of sp³-hybridized carbons (Fsp3) is 0.538. The predicted octanol–water partition coefficient (Wildman–Crippen LogP) is 3.03. The van der Waals surface area contributed by atoms with Crippen LogP contribution in [0.15, 0.2) is 18.2 Å². The topological polar surface area (TPSA) is 58.3 Å². The Kier molecular flexibility index (Phi) is 5.34. The summed E-state index contributed by atoms with van der Waals surface area (Å²) in [5.41, 5.74) is 5.97. The number of anilines is 2. The van der Waals surface area contributed by atoms with Gasteiger partial charge in [-0.2, -0.15) is 0 Å². The molecule has 0 saturated heterocycles. The van der Waals surface area contributed by atoms with E-state index in [0.717, 1.165) is 0 Å². The van der Waals surface area contributed by atoms with Crippen molar-refractivity contribution in [3.63, 3.8) is 0 Å². The Labute approximate surface area is 106 Å². The van der Waals surface area contributed by atoms with Crippen LogP contribution < -0.4 is 11.1 Å². The lowest BCUT2D eigenvalue weighted by Gasteiger charge is -2.17. The summed E-state index contributed by atoms with van der Waals surface area (Å²) < 4.78 is 25.6. The molecule has 0 radical (unpaired) electrons. The van der Waals surface area contributed by atoms with Crippen LogP contribution in [-0.4, -0.2) is 17.8 Å². The number of aliphatic hydroxyl groups excluding tert-OH is 1. The number of halogens is 2. The summed E-state index contributed by atoms with van der Waals surface area (Å²) in [6, 6.07) is 4.32. The maximum atomic E-state index is 12.8. The average molecular weight is 258 g/mol. The van der Waals surface area contributed by atoms with E-state index in [0.29, 0.717) is 23.7 Å². The molecule has 0 amide bonds. The molecule has 0 aromatic heterocycles. The van der Waals surface area contributed by atoms with Crippen molar-refractivity contribution in [2.45, 2.75) is 32.8 Å². The van der Waals surface area contributed by atoms with Gasteiger partial charge in [0.1, 0.15) is 0 Å². The number of benzene rings is 1. The first-order valence-electron chi connectivity index (χ1n) is 5.99. The molecular weight excluding hydrogens is 238 g/mol. The van der Waals surface area contributed by atoms with Crippen LogP contribution >= 0.6 is 0 Å². The van der Waals surface area contributed by atoms with E-state index in [1.54, 1.807) is 6.07 Å². The lowest BCUT2D eigenvalue weighted by molar-refractivity contribution is 0.150. The van der Waals surface area contributed by atoms with Crippen LogP contribution in [0.25, 0.3) is 0 Å². The van der Waals surface area contributed by atoms with Gasteiger partial charge in [-0.15, -0.1) is 0 Å². The van der Waals surface area contributed by atoms with E-state index in [9.17, 15) is 13.9 Å². The summed E-state index contributed by atoms with van der Waals surface area (Å²) in [4.78, 5) is 0. The number of aliphatic hydroxyl groups is 1. The van der Waals surface area contributed by atoms with Crippen molar-refractivity contribution in [1.29, 1.82) is 0 Å². The Bertz CT molecular complexity index is 383. The molecule has 1 atom stereocenters. The van der Waals surface area contributed by atoms with E-state index >= 15 is 0 Å². The molecule has 0 spiro atoms. The monoisotopic (exact) mass is 258 g/mol. The average Bonchev–Trinajstić information content (AvgIpc) is 2.26. The second-order valence-corrected chi connectivity index (χ2v) is 4.81. The molecule has 5 heteroatoms. The smallest absolute Gasteiger partial charge is 0.265 e. The molecule has 1 aromatic carbocycles. The number of nitrogen functional groups attached to an aromatic ring is 1. The Morgan fingerprint density at radius 3 is 2.56 bits per heavy atom. The molecule has 0 aliphatic rings. The quantitative estimate of drug-likeness (QED) is 0.687. The first-order chi connectivity index (χ1) is 8.40. The van der Waals surface area contributed by atoms with Crippen molar-refractivity contribution in [2.24, 2.45) is 5.92 Å². The van der Waals surface area contributed by atoms with Gasteiger partial charge in [-0.25, -0.2) is 8.78 Å². The Morgan fingerprint density at radius 1 is 1.33 bits per heavy atom. The van der Waals surface area contributed by atoms with Gasteiger partial charge in [0, 0.05) is 23.5 Å². The molecule has 3 nitrogen and oxygen atoms in total. The molecule has 0 aliphatic carbocycles. The molecule has 0 aliphatic heterocycles. The molecule has 4 N–H and O–H groups in total. The summed E-state index contributed by atoms with van der Waals surface area (Å²) in [5.74, 6) is 0.364. The van der Waals surface area contributed by atoms with Crippen molar-refractivity contribution >= 4 is 11.4 Å². The van der Waals surface area contributed by atoms with Crippen molar-refractivity contribution < 1.29 is 13.9 Å². The minimum atomic E-state index is -2.58. The van der Waals surface area contributed by atoms with Crippen molar-refractivity contribution in [2.75, 3.05) is 17.6 Å². The maximum Gasteiger partial charge on any atom is 0.265 e. The number of hydrogen-bond acceptors (Lipinski definition) is 3. The zero-order chi connectivity index (χ0) is 13.7. The molecular formula is C13H20F2N2O. The molecule has 1 unspecified atom stereocenters. The fourth-order valence-corrected chi connectivity index (χ4v) is 1.78. The van der Waals surface area contributed by atoms with Crippen LogP contribution in [0.4, 0.5) is 20.2 Å². The van der Waals surface area contributed by atoms with E-state index in [2.05, 4.69) is 5.32 Å². The number of hydrogen-bond donors (Lipinski definition) is 3. The lowest BCUT2D eigenvalue weighted by Crippen LogP contribution is -2.21. The molecule has 0 bridgehead atoms. The highest BCUT2D eigenvalue weighted by Gasteiger charge is 2.14. The van der Waals surface area contributed by atoms with E-state index in [4.69, 9.17) is 5.73 Å². The van der Waals surface area contributed by atoms with Crippen LogP contribution in [0, 0.1) is 5.92 Å². The third-order valence-corrected chi connectivity index (χ3v) is 2.58. The summed E-state index contributed by atoms with van der Waals surface area (Å²) in [6.07, 6.45) is -2.50. The van der Waals surface area contributed by atoms with Gasteiger partial charge in [0.2, 0.25) is 0 Å². The highest BCUT2D eigenvalue weighted by Crippen LogP contribution is 2.29. The van der Waals surface area contributed by atoms with Crippen LogP contribution in [0.3, 0.4) is 0 Å². The van der Waals surface area contributed by atoms with Crippen LogP contribution in [-0.2, 0) is 0 Å². The standard InChI is InChI=1S/C13H20F2N2O/c1-8(2)5-10(18)7-17-12-4-3-9(16)6-11(12)13(14)15/h3-4,6,8,10,13,17-18H,5,7,16H2,1-2H3. The normalized spacial score (nSPS) is 13.1. The van der Waals surface area contributed by atoms with Gasteiger partial charge in [-0.05, 0) is 30.5 Å². The first kappa shape index (κ1) is 14.7. The Morgan fingerprint density at radius 2 is 2.00 bits per heavy atom. The zero-order valence-corrected chi connectivity index (χ0v) is 10.7. The van der Waals surface area contributed by atoms with Gasteiger partial charge in [0.15, 0.2) is 0 Å². The zero-order valence-electron chi connectivity index (χ0n) is 10.7. The van der Waals surface area contributed by atoms with Crippen LogP contribution in [0.2, 0.25) is 0 Å². The highest BCUT2D eigenvalue weighted by atomic mass is 19.3. The molecule has 0 saturated carbocycles. The summed E-state index contributed by atoms with van der Waals surface area (Å²) in [6.45, 7) is 4.25. The SMILES string of the molecule is CC(C)CC(O)CNc1ccc(N)cc1C(F)F. The predicted molar refractivity (Wildman–Crippen MR) is 69.8 cm³/mol. The van der Waals surface area contributed by atoms with Crippen molar-refractivity contribution in [1.82, 2.24) is 0 Å². The summed E-state index contributed by atoms with van der Waals surface area (Å²) in [5, 5.41) is 12.5. The maximum absolute atomic E-state index is 12.8. The van der Waals surface area contributed by atoms with Gasteiger partial charge in [-0.3, -0.25) is 0 Å². The third kappa shape index (κ3) is 4.49. The summed E-state index contributed by atoms with van der Waals surface area (Å²) >= 11 is 0. The van der Waals surface area contributed by atoms with Gasteiger partial charge in [0.25, 0.3) is 6.43 Å². The third-order valence-electron chi connectivity index (χ3n) is 2.58. The lowest BCUT2D eigenvalue weighted by atomic mass is 10.1. The molecule has 18 heavy (non-hydrogen) atoms. The second kappa shape index (κ2) is 6.54. The molecule has 0 fully saturated rings. The van der Waals surface area contributed by atoms with Gasteiger partial charge < -0.3 is 16.2 Å². The molecule has 102 valence electrons. The Balaban J connectivity index is 2.67. The number of alkyl halides is 2. The van der Waals surface area contributed by atoms with Crippen molar-refractivity contribution in [3.05, 3.63) is 23.8 Å². The number of rotatable bonds is 6. The minimum absolute atomic E-state index is 0.133. The minimum Gasteiger partial charge on any atom is -0.399 e. The molecule has 0 heterocycles. The van der Waals surface area contributed by atoms with Crippen molar-refractivity contribution in [3.8, 4) is 0 Å². The largest absolute Gasteiger partial charge is 0.399 e. The van der Waals surface area contributed by atoms with Gasteiger partial charge in [0.05, 0.1) is 6.10 Å². The Hall–Kier alpha value is -1.36. The number of nitrogens with one attached hydrogen (secondary N) is 1. The summed E-state index contributed by atoms with van der Waals surface area (Å²) in [7, 11) is 0. The second-order valence-electron chi connectivity index (χ2n) is 4.81. The first-order valence-corrected chi connectivity index (χ1v) is 5.99. The molecule has 1 rings (SSSR count). The van der Waals surface area contributed by atoms with Crippen LogP contribution in [0.1, 0.15) is 32.3 Å².